The van der Waals surface area contributed by atoms with Crippen molar-refractivity contribution in [2.75, 3.05) is 0 Å². The van der Waals surface area contributed by atoms with Gasteiger partial charge in [-0.1, -0.05) is 52.3 Å². The third-order valence-corrected chi connectivity index (χ3v) is 5.39. The maximum atomic E-state index is 12.2. The van der Waals surface area contributed by atoms with E-state index < -0.39 is 0 Å². The Morgan fingerprint density at radius 1 is 1.12 bits per heavy atom. The van der Waals surface area contributed by atoms with Gasteiger partial charge in [-0.05, 0) is 60.9 Å². The van der Waals surface area contributed by atoms with Gasteiger partial charge in [0.25, 0.3) is 0 Å². The van der Waals surface area contributed by atoms with Crippen LogP contribution in [0.4, 0.5) is 4.79 Å². The number of hydrogen-bond acceptors (Lipinski definition) is 1. The summed E-state index contributed by atoms with van der Waals surface area (Å²) in [4.78, 5) is 12.2. The van der Waals surface area contributed by atoms with Crippen LogP contribution in [0.1, 0.15) is 48.1 Å². The molecular weight excluding hydrogens is 364 g/mol. The molecule has 0 heterocycles. The minimum atomic E-state index is -0.143. The van der Waals surface area contributed by atoms with Crippen molar-refractivity contribution >= 4 is 22.0 Å². The van der Waals surface area contributed by atoms with Crippen molar-refractivity contribution in [2.24, 2.45) is 0 Å². The largest absolute Gasteiger partial charge is 0.334 e. The molecule has 0 saturated heterocycles. The third kappa shape index (κ3) is 4.18. The normalized spacial score (nSPS) is 14.6. The summed E-state index contributed by atoms with van der Waals surface area (Å²) in [5, 5.41) is 5.95. The lowest BCUT2D eigenvalue weighted by molar-refractivity contribution is 0.237. The van der Waals surface area contributed by atoms with Crippen LogP contribution >= 0.6 is 15.9 Å². The molecule has 3 nitrogen and oxygen atoms in total. The van der Waals surface area contributed by atoms with Gasteiger partial charge in [-0.2, -0.15) is 0 Å². The highest BCUT2D eigenvalue weighted by atomic mass is 79.9. The van der Waals surface area contributed by atoms with E-state index in [1.54, 1.807) is 0 Å². The number of hydrogen-bond donors (Lipinski definition) is 2. The molecule has 2 N–H and O–H groups in total. The number of benzene rings is 2. The zero-order valence-electron chi connectivity index (χ0n) is 13.9. The van der Waals surface area contributed by atoms with Crippen LogP contribution in [-0.2, 0) is 19.4 Å². The van der Waals surface area contributed by atoms with Crippen LogP contribution in [0.5, 0.6) is 0 Å². The zero-order valence-corrected chi connectivity index (χ0v) is 15.5. The summed E-state index contributed by atoms with van der Waals surface area (Å²) in [7, 11) is 0. The van der Waals surface area contributed by atoms with Gasteiger partial charge in [0.1, 0.15) is 0 Å². The molecule has 0 radical (unpaired) electrons. The van der Waals surface area contributed by atoms with Gasteiger partial charge in [-0.15, -0.1) is 0 Å². The van der Waals surface area contributed by atoms with Gasteiger partial charge in [-0.3, -0.25) is 0 Å². The monoisotopic (exact) mass is 386 g/mol. The first-order chi connectivity index (χ1) is 11.6. The number of carbonyl (C=O) groups excluding carboxylic acids is 1. The lowest BCUT2D eigenvalue weighted by atomic mass is 9.89. The van der Waals surface area contributed by atoms with Crippen LogP contribution in [0.15, 0.2) is 46.9 Å². The van der Waals surface area contributed by atoms with Crippen molar-refractivity contribution < 1.29 is 4.79 Å². The Labute approximate surface area is 152 Å². The fourth-order valence-corrected chi connectivity index (χ4v) is 3.60. The molecule has 0 fully saturated rings. The van der Waals surface area contributed by atoms with Gasteiger partial charge in [-0.25, -0.2) is 4.79 Å². The fraction of sp³-hybridized carbons (Fsp3) is 0.350. The van der Waals surface area contributed by atoms with Crippen LogP contribution in [0.3, 0.4) is 0 Å². The highest BCUT2D eigenvalue weighted by Crippen LogP contribution is 2.24. The van der Waals surface area contributed by atoms with Crippen molar-refractivity contribution in [3.63, 3.8) is 0 Å². The maximum Gasteiger partial charge on any atom is 0.315 e. The molecule has 24 heavy (non-hydrogen) atoms. The van der Waals surface area contributed by atoms with E-state index in [0.29, 0.717) is 6.54 Å². The topological polar surface area (TPSA) is 41.1 Å². The number of halogens is 1. The molecule has 126 valence electrons. The molecule has 1 aliphatic rings. The van der Waals surface area contributed by atoms with E-state index >= 15 is 0 Å². The second-order valence-corrected chi connectivity index (χ2v) is 7.23. The quantitative estimate of drug-likeness (QED) is 0.771. The first kappa shape index (κ1) is 17.0. The van der Waals surface area contributed by atoms with Crippen LogP contribution in [0.2, 0.25) is 0 Å². The predicted molar refractivity (Wildman–Crippen MR) is 101 cm³/mol. The van der Waals surface area contributed by atoms with E-state index in [-0.39, 0.29) is 12.1 Å². The number of fused-ring (bicyclic) bond motifs is 1. The van der Waals surface area contributed by atoms with E-state index in [9.17, 15) is 4.79 Å². The number of nitrogens with one attached hydrogen (secondary N) is 2. The van der Waals surface area contributed by atoms with E-state index in [1.165, 1.54) is 36.0 Å². The summed E-state index contributed by atoms with van der Waals surface area (Å²) in [6.07, 6.45) is 4.90. The molecule has 0 bridgehead atoms. The van der Waals surface area contributed by atoms with Crippen molar-refractivity contribution in [1.82, 2.24) is 10.6 Å². The highest BCUT2D eigenvalue weighted by molar-refractivity contribution is 9.10. The van der Waals surface area contributed by atoms with Crippen molar-refractivity contribution in [3.05, 3.63) is 69.2 Å². The molecule has 2 aromatic carbocycles. The Morgan fingerprint density at radius 2 is 1.88 bits per heavy atom. The Balaban J connectivity index is 1.57. The van der Waals surface area contributed by atoms with Gasteiger partial charge in [0, 0.05) is 11.0 Å². The molecule has 3 rings (SSSR count). The number of aryl methyl sites for hydroxylation is 2. The second kappa shape index (κ2) is 7.84. The van der Waals surface area contributed by atoms with Crippen LogP contribution < -0.4 is 10.6 Å². The number of carbonyl (C=O) groups is 1. The maximum absolute atomic E-state index is 12.2. The van der Waals surface area contributed by atoms with E-state index in [0.717, 1.165) is 16.5 Å². The summed E-state index contributed by atoms with van der Waals surface area (Å²) in [6, 6.07) is 14.4. The molecule has 1 unspecified atom stereocenters. The van der Waals surface area contributed by atoms with E-state index in [2.05, 4.69) is 44.8 Å². The molecule has 0 aromatic heterocycles. The van der Waals surface area contributed by atoms with Crippen molar-refractivity contribution in [3.8, 4) is 0 Å². The summed E-state index contributed by atoms with van der Waals surface area (Å²) in [5.41, 5.74) is 5.15. The first-order valence-electron chi connectivity index (χ1n) is 8.53. The summed E-state index contributed by atoms with van der Waals surface area (Å²) < 4.78 is 1.01. The Hall–Kier alpha value is -1.81. The zero-order chi connectivity index (χ0) is 16.9. The summed E-state index contributed by atoms with van der Waals surface area (Å²) in [5.74, 6) is 0. The minimum Gasteiger partial charge on any atom is -0.334 e. The molecular formula is C20H23BrN2O. The van der Waals surface area contributed by atoms with Crippen LogP contribution in [0, 0.1) is 0 Å². The number of urea groups is 1. The van der Waals surface area contributed by atoms with Gasteiger partial charge in [0.15, 0.2) is 0 Å². The second-order valence-electron chi connectivity index (χ2n) is 6.38. The van der Waals surface area contributed by atoms with Crippen LogP contribution in [-0.4, -0.2) is 6.03 Å². The average Bonchev–Trinajstić information content (AvgIpc) is 2.60. The van der Waals surface area contributed by atoms with E-state index in [4.69, 9.17) is 0 Å². The average molecular weight is 387 g/mol. The summed E-state index contributed by atoms with van der Waals surface area (Å²) in [6.45, 7) is 2.53. The SMILES string of the molecule is CC(NC(=O)NCc1ccccc1Br)c1ccc2c(c1)CCCC2. The molecule has 0 aliphatic heterocycles. The molecule has 0 saturated carbocycles. The Morgan fingerprint density at radius 3 is 2.67 bits per heavy atom. The molecule has 1 aliphatic carbocycles. The van der Waals surface area contributed by atoms with Gasteiger partial charge < -0.3 is 10.6 Å². The minimum absolute atomic E-state index is 0.00330. The third-order valence-electron chi connectivity index (χ3n) is 4.62. The van der Waals surface area contributed by atoms with Crippen molar-refractivity contribution in [2.45, 2.75) is 45.2 Å². The lowest BCUT2D eigenvalue weighted by Crippen LogP contribution is -2.36. The standard InChI is InChI=1S/C20H23BrN2O/c1-14(16-11-10-15-6-2-3-7-17(15)12-16)23-20(24)22-13-18-8-4-5-9-19(18)21/h4-5,8-12,14H,2-3,6-7,13H2,1H3,(H2,22,23,24). The summed E-state index contributed by atoms with van der Waals surface area (Å²) >= 11 is 3.50. The smallest absolute Gasteiger partial charge is 0.315 e. The lowest BCUT2D eigenvalue weighted by Gasteiger charge is -2.20. The fourth-order valence-electron chi connectivity index (χ4n) is 3.17. The van der Waals surface area contributed by atoms with Gasteiger partial charge in [0.05, 0.1) is 6.04 Å². The number of rotatable bonds is 4. The molecule has 1 atom stereocenters. The Bertz CT molecular complexity index is 729. The van der Waals surface area contributed by atoms with Crippen molar-refractivity contribution in [1.29, 1.82) is 0 Å². The molecule has 2 aromatic rings. The van der Waals surface area contributed by atoms with E-state index in [1.807, 2.05) is 31.2 Å². The van der Waals surface area contributed by atoms with Crippen LogP contribution in [0.25, 0.3) is 0 Å². The molecule has 0 spiro atoms. The first-order valence-corrected chi connectivity index (χ1v) is 9.32. The number of amides is 2. The predicted octanol–water partition coefficient (Wildman–Crippen LogP) is 4.89. The van der Waals surface area contributed by atoms with Gasteiger partial charge >= 0.3 is 6.03 Å². The Kier molecular flexibility index (Phi) is 5.56. The van der Waals surface area contributed by atoms with Gasteiger partial charge in [0.2, 0.25) is 0 Å². The highest BCUT2D eigenvalue weighted by Gasteiger charge is 2.14. The molecule has 4 heteroatoms. The molecule has 2 amide bonds.